The van der Waals surface area contributed by atoms with E-state index in [0.29, 0.717) is 11.4 Å². The molecule has 4 heteroatoms. The Morgan fingerprint density at radius 3 is 2.74 bits per heavy atom. The SMILES string of the molecule is Cc1ccc(NC(=O)Cc2cccc(Cl)c2)cc1Br. The van der Waals surface area contributed by atoms with Crippen molar-refractivity contribution in [2.24, 2.45) is 0 Å². The lowest BCUT2D eigenvalue weighted by Gasteiger charge is -2.07. The molecule has 1 N–H and O–H groups in total. The number of hydrogen-bond donors (Lipinski definition) is 1. The summed E-state index contributed by atoms with van der Waals surface area (Å²) in [6, 6.07) is 13.1. The molecule has 0 bridgehead atoms. The number of halogens is 2. The number of benzene rings is 2. The molecule has 0 aliphatic rings. The smallest absolute Gasteiger partial charge is 0.228 e. The Bertz CT molecular complexity index is 613. The van der Waals surface area contributed by atoms with Crippen LogP contribution in [-0.4, -0.2) is 5.91 Å². The molecule has 2 rings (SSSR count). The van der Waals surface area contributed by atoms with Crippen LogP contribution in [-0.2, 0) is 11.2 Å². The van der Waals surface area contributed by atoms with Crippen molar-refractivity contribution in [3.63, 3.8) is 0 Å². The molecular weight excluding hydrogens is 326 g/mol. The highest BCUT2D eigenvalue weighted by atomic mass is 79.9. The van der Waals surface area contributed by atoms with E-state index in [0.717, 1.165) is 21.3 Å². The van der Waals surface area contributed by atoms with E-state index in [-0.39, 0.29) is 5.91 Å². The first-order chi connectivity index (χ1) is 9.04. The molecule has 0 saturated heterocycles. The third-order valence-electron chi connectivity index (χ3n) is 2.71. The zero-order chi connectivity index (χ0) is 13.8. The van der Waals surface area contributed by atoms with Gasteiger partial charge in [0, 0.05) is 15.2 Å². The second-order valence-corrected chi connectivity index (χ2v) is 5.61. The monoisotopic (exact) mass is 337 g/mol. The van der Waals surface area contributed by atoms with E-state index in [4.69, 9.17) is 11.6 Å². The maximum Gasteiger partial charge on any atom is 0.228 e. The quantitative estimate of drug-likeness (QED) is 0.871. The van der Waals surface area contributed by atoms with Crippen LogP contribution < -0.4 is 5.32 Å². The summed E-state index contributed by atoms with van der Waals surface area (Å²) in [5, 5.41) is 3.51. The summed E-state index contributed by atoms with van der Waals surface area (Å²) in [6.07, 6.45) is 0.312. The Balaban J connectivity index is 2.03. The molecule has 2 nitrogen and oxygen atoms in total. The zero-order valence-electron chi connectivity index (χ0n) is 10.4. The molecule has 98 valence electrons. The van der Waals surface area contributed by atoms with Crippen molar-refractivity contribution >= 4 is 39.1 Å². The van der Waals surface area contributed by atoms with E-state index in [1.165, 1.54) is 0 Å². The van der Waals surface area contributed by atoms with Gasteiger partial charge in [-0.05, 0) is 42.3 Å². The van der Waals surface area contributed by atoms with Gasteiger partial charge in [-0.3, -0.25) is 4.79 Å². The minimum Gasteiger partial charge on any atom is -0.326 e. The van der Waals surface area contributed by atoms with Crippen LogP contribution in [0, 0.1) is 6.92 Å². The van der Waals surface area contributed by atoms with Gasteiger partial charge < -0.3 is 5.32 Å². The topological polar surface area (TPSA) is 29.1 Å². The molecule has 0 radical (unpaired) electrons. The fraction of sp³-hybridized carbons (Fsp3) is 0.133. The maximum absolute atomic E-state index is 11.9. The van der Waals surface area contributed by atoms with Crippen LogP contribution in [0.25, 0.3) is 0 Å². The number of carbonyl (C=O) groups excluding carboxylic acids is 1. The van der Waals surface area contributed by atoms with Gasteiger partial charge >= 0.3 is 0 Å². The first-order valence-corrected chi connectivity index (χ1v) is 7.02. The van der Waals surface area contributed by atoms with Crippen LogP contribution in [0.5, 0.6) is 0 Å². The second-order valence-electron chi connectivity index (χ2n) is 4.32. The van der Waals surface area contributed by atoms with Gasteiger partial charge in [0.25, 0.3) is 0 Å². The molecule has 1 amide bonds. The minimum atomic E-state index is -0.0574. The highest BCUT2D eigenvalue weighted by Crippen LogP contribution is 2.21. The van der Waals surface area contributed by atoms with Gasteiger partial charge in [0.15, 0.2) is 0 Å². The van der Waals surface area contributed by atoms with Crippen LogP contribution in [0.3, 0.4) is 0 Å². The van der Waals surface area contributed by atoms with Crippen LogP contribution in [0.1, 0.15) is 11.1 Å². The van der Waals surface area contributed by atoms with E-state index >= 15 is 0 Å². The van der Waals surface area contributed by atoms with Crippen molar-refractivity contribution < 1.29 is 4.79 Å². The normalized spacial score (nSPS) is 10.3. The summed E-state index contributed by atoms with van der Waals surface area (Å²) in [6.45, 7) is 2.00. The van der Waals surface area contributed by atoms with Gasteiger partial charge in [-0.15, -0.1) is 0 Å². The average Bonchev–Trinajstić information content (AvgIpc) is 2.34. The number of rotatable bonds is 3. The van der Waals surface area contributed by atoms with Crippen LogP contribution in [0.2, 0.25) is 5.02 Å². The summed E-state index contributed by atoms with van der Waals surface area (Å²) in [4.78, 5) is 11.9. The van der Waals surface area contributed by atoms with Gasteiger partial charge in [-0.2, -0.15) is 0 Å². The van der Waals surface area contributed by atoms with E-state index < -0.39 is 0 Å². The molecule has 2 aromatic carbocycles. The van der Waals surface area contributed by atoms with Gasteiger partial charge in [0.05, 0.1) is 6.42 Å². The lowest BCUT2D eigenvalue weighted by molar-refractivity contribution is -0.115. The number of carbonyl (C=O) groups is 1. The van der Waals surface area contributed by atoms with Crippen molar-refractivity contribution in [1.29, 1.82) is 0 Å². The Kier molecular flexibility index (Phi) is 4.61. The fourth-order valence-corrected chi connectivity index (χ4v) is 2.30. The van der Waals surface area contributed by atoms with E-state index in [1.807, 2.05) is 37.3 Å². The second kappa shape index (κ2) is 6.22. The molecule has 19 heavy (non-hydrogen) atoms. The van der Waals surface area contributed by atoms with Crippen LogP contribution in [0.4, 0.5) is 5.69 Å². The summed E-state index contributed by atoms with van der Waals surface area (Å²) < 4.78 is 0.980. The maximum atomic E-state index is 11.9. The Labute approximate surface area is 125 Å². The molecule has 0 aromatic heterocycles. The van der Waals surface area contributed by atoms with E-state index in [2.05, 4.69) is 21.2 Å². The predicted octanol–water partition coefficient (Wildman–Crippen LogP) is 4.59. The van der Waals surface area contributed by atoms with E-state index in [9.17, 15) is 4.79 Å². The first-order valence-electron chi connectivity index (χ1n) is 5.85. The van der Waals surface area contributed by atoms with Gasteiger partial charge in [-0.25, -0.2) is 0 Å². The number of hydrogen-bond acceptors (Lipinski definition) is 1. The molecule has 0 saturated carbocycles. The summed E-state index contributed by atoms with van der Waals surface area (Å²) in [5.74, 6) is -0.0574. The molecule has 0 unspecified atom stereocenters. The molecule has 0 fully saturated rings. The van der Waals surface area contributed by atoms with Crippen LogP contribution in [0.15, 0.2) is 46.9 Å². The summed E-state index contributed by atoms with van der Waals surface area (Å²) in [5.41, 5.74) is 2.81. The third kappa shape index (κ3) is 4.08. The van der Waals surface area contributed by atoms with Crippen molar-refractivity contribution in [2.45, 2.75) is 13.3 Å². The number of amides is 1. The highest BCUT2D eigenvalue weighted by Gasteiger charge is 2.05. The molecule has 0 atom stereocenters. The number of aryl methyl sites for hydroxylation is 1. The third-order valence-corrected chi connectivity index (χ3v) is 3.80. The molecule has 0 aliphatic heterocycles. The molecule has 0 heterocycles. The minimum absolute atomic E-state index is 0.0574. The van der Waals surface area contributed by atoms with Gasteiger partial charge in [0.2, 0.25) is 5.91 Å². The molecule has 2 aromatic rings. The van der Waals surface area contributed by atoms with Crippen molar-refractivity contribution in [2.75, 3.05) is 5.32 Å². The lowest BCUT2D eigenvalue weighted by atomic mass is 10.1. The lowest BCUT2D eigenvalue weighted by Crippen LogP contribution is -2.14. The zero-order valence-corrected chi connectivity index (χ0v) is 12.8. The number of nitrogens with one attached hydrogen (secondary N) is 1. The molecule has 0 aliphatic carbocycles. The van der Waals surface area contributed by atoms with E-state index in [1.54, 1.807) is 12.1 Å². The van der Waals surface area contributed by atoms with Crippen molar-refractivity contribution in [3.05, 3.63) is 63.1 Å². The summed E-state index contributed by atoms with van der Waals surface area (Å²) >= 11 is 9.33. The average molecular weight is 339 g/mol. The summed E-state index contributed by atoms with van der Waals surface area (Å²) in [7, 11) is 0. The van der Waals surface area contributed by atoms with Crippen LogP contribution >= 0.6 is 27.5 Å². The fourth-order valence-electron chi connectivity index (χ4n) is 1.71. The van der Waals surface area contributed by atoms with Crippen molar-refractivity contribution in [1.82, 2.24) is 0 Å². The molecular formula is C15H13BrClNO. The van der Waals surface area contributed by atoms with Gasteiger partial charge in [-0.1, -0.05) is 45.7 Å². The Morgan fingerprint density at radius 2 is 2.05 bits per heavy atom. The largest absolute Gasteiger partial charge is 0.326 e. The predicted molar refractivity (Wildman–Crippen MR) is 82.7 cm³/mol. The number of anilines is 1. The Morgan fingerprint density at radius 1 is 1.26 bits per heavy atom. The molecule has 0 spiro atoms. The first kappa shape index (κ1) is 14.1. The standard InChI is InChI=1S/C15H13BrClNO/c1-10-5-6-13(9-14(10)16)18-15(19)8-11-3-2-4-12(17)7-11/h2-7,9H,8H2,1H3,(H,18,19). The van der Waals surface area contributed by atoms with Gasteiger partial charge in [0.1, 0.15) is 0 Å². The Hall–Kier alpha value is -1.32. The highest BCUT2D eigenvalue weighted by molar-refractivity contribution is 9.10. The van der Waals surface area contributed by atoms with Crippen molar-refractivity contribution in [3.8, 4) is 0 Å².